The van der Waals surface area contributed by atoms with Gasteiger partial charge < -0.3 is 15.4 Å². The smallest absolute Gasteiger partial charge is 0.166 e. The number of halogens is 1. The molecule has 1 fully saturated rings. The van der Waals surface area contributed by atoms with Gasteiger partial charge >= 0.3 is 0 Å². The minimum absolute atomic E-state index is 0.229. The van der Waals surface area contributed by atoms with Crippen molar-refractivity contribution in [2.75, 3.05) is 32.1 Å². The monoisotopic (exact) mass is 445 g/mol. The predicted molar refractivity (Wildman–Crippen MR) is 124 cm³/mol. The van der Waals surface area contributed by atoms with Crippen molar-refractivity contribution in [1.29, 1.82) is 0 Å². The van der Waals surface area contributed by atoms with Crippen LogP contribution in [-0.2, 0) is 0 Å². The van der Waals surface area contributed by atoms with Gasteiger partial charge in [-0.05, 0) is 55.8 Å². The molecule has 0 amide bonds. The van der Waals surface area contributed by atoms with Crippen LogP contribution in [0, 0.1) is 11.7 Å². The van der Waals surface area contributed by atoms with Crippen LogP contribution in [0.4, 0.5) is 10.2 Å². The Hall–Kier alpha value is -3.85. The van der Waals surface area contributed by atoms with Crippen LogP contribution >= 0.6 is 0 Å². The van der Waals surface area contributed by atoms with Gasteiger partial charge in [0, 0.05) is 24.5 Å². The van der Waals surface area contributed by atoms with E-state index in [2.05, 4.69) is 30.7 Å². The Morgan fingerprint density at radius 1 is 1.18 bits per heavy atom. The van der Waals surface area contributed by atoms with E-state index in [9.17, 15) is 4.39 Å². The summed E-state index contributed by atoms with van der Waals surface area (Å²) in [6, 6.07) is 12.2. The number of hydrogen-bond acceptors (Lipinski definition) is 7. The van der Waals surface area contributed by atoms with Gasteiger partial charge in [-0.1, -0.05) is 12.1 Å². The number of hydrogen-bond donors (Lipinski definition) is 2. The molecule has 0 bridgehead atoms. The lowest BCUT2D eigenvalue weighted by Gasteiger charge is -2.11. The summed E-state index contributed by atoms with van der Waals surface area (Å²) in [4.78, 5) is 13.5. The van der Waals surface area contributed by atoms with Gasteiger partial charge in [0.05, 0.1) is 24.6 Å². The third-order valence-corrected chi connectivity index (χ3v) is 5.66. The van der Waals surface area contributed by atoms with E-state index < -0.39 is 5.82 Å². The van der Waals surface area contributed by atoms with Gasteiger partial charge in [-0.2, -0.15) is 5.10 Å². The van der Waals surface area contributed by atoms with Crippen molar-refractivity contribution in [2.45, 2.75) is 6.42 Å². The van der Waals surface area contributed by atoms with Gasteiger partial charge in [-0.25, -0.2) is 24.0 Å². The fourth-order valence-electron chi connectivity index (χ4n) is 3.90. The maximum absolute atomic E-state index is 14.5. The van der Waals surface area contributed by atoms with Gasteiger partial charge in [0.2, 0.25) is 0 Å². The van der Waals surface area contributed by atoms with E-state index in [1.54, 1.807) is 35.3 Å². The van der Waals surface area contributed by atoms with Crippen LogP contribution in [0.15, 0.2) is 61.1 Å². The highest BCUT2D eigenvalue weighted by Crippen LogP contribution is 2.31. The first kappa shape index (κ1) is 21.0. The lowest BCUT2D eigenvalue weighted by atomic mass is 10.1. The van der Waals surface area contributed by atoms with E-state index in [-0.39, 0.29) is 11.4 Å². The summed E-state index contributed by atoms with van der Waals surface area (Å²) in [7, 11) is 1.49. The van der Waals surface area contributed by atoms with Gasteiger partial charge in [-0.3, -0.25) is 0 Å². The summed E-state index contributed by atoms with van der Waals surface area (Å²) in [6.45, 7) is 3.00. The molecule has 1 aromatic carbocycles. The molecule has 4 aromatic rings. The Morgan fingerprint density at radius 2 is 2.09 bits per heavy atom. The zero-order chi connectivity index (χ0) is 22.6. The number of rotatable bonds is 7. The van der Waals surface area contributed by atoms with Crippen molar-refractivity contribution in [3.05, 3.63) is 66.9 Å². The summed E-state index contributed by atoms with van der Waals surface area (Å²) in [5.74, 6) is 2.31. The largest absolute Gasteiger partial charge is 0.496 e. The third-order valence-electron chi connectivity index (χ3n) is 5.66. The van der Waals surface area contributed by atoms with E-state index in [1.807, 2.05) is 24.4 Å². The fourth-order valence-corrected chi connectivity index (χ4v) is 3.90. The molecule has 0 aliphatic carbocycles. The number of nitrogens with one attached hydrogen (secondary N) is 2. The Kier molecular flexibility index (Phi) is 5.95. The molecule has 0 spiro atoms. The average molecular weight is 446 g/mol. The molecule has 1 atom stereocenters. The Labute approximate surface area is 190 Å². The van der Waals surface area contributed by atoms with E-state index in [0.29, 0.717) is 23.2 Å². The molecular weight excluding hydrogens is 421 g/mol. The predicted octanol–water partition coefficient (Wildman–Crippen LogP) is 3.56. The number of benzene rings is 1. The second-order valence-electron chi connectivity index (χ2n) is 7.88. The first-order valence-corrected chi connectivity index (χ1v) is 10.8. The molecule has 9 heteroatoms. The molecule has 0 unspecified atom stereocenters. The van der Waals surface area contributed by atoms with Crippen molar-refractivity contribution in [1.82, 2.24) is 30.0 Å². The van der Waals surface area contributed by atoms with Crippen molar-refractivity contribution in [3.8, 4) is 34.2 Å². The second kappa shape index (κ2) is 9.33. The molecule has 1 saturated heterocycles. The number of pyridine rings is 1. The normalized spacial score (nSPS) is 15.5. The molecule has 0 radical (unpaired) electrons. The highest BCUT2D eigenvalue weighted by molar-refractivity contribution is 5.68. The van der Waals surface area contributed by atoms with Crippen molar-refractivity contribution in [3.63, 3.8) is 0 Å². The number of anilines is 1. The number of nitrogens with zero attached hydrogens (tertiary/aromatic N) is 5. The Balaban J connectivity index is 1.38. The van der Waals surface area contributed by atoms with Crippen LogP contribution in [-0.4, -0.2) is 51.5 Å². The summed E-state index contributed by atoms with van der Waals surface area (Å²) in [6.07, 6.45) is 6.32. The fraction of sp³-hybridized carbons (Fsp3) is 0.250. The zero-order valence-corrected chi connectivity index (χ0v) is 18.2. The summed E-state index contributed by atoms with van der Waals surface area (Å²) >= 11 is 0. The Morgan fingerprint density at radius 3 is 2.94 bits per heavy atom. The number of aromatic nitrogens is 5. The molecular formula is C24H24FN7O. The van der Waals surface area contributed by atoms with E-state index in [1.165, 1.54) is 19.6 Å². The molecule has 168 valence electrons. The number of methoxy groups -OCH3 is 1. The first-order chi connectivity index (χ1) is 16.2. The molecule has 5 rings (SSSR count). The lowest BCUT2D eigenvalue weighted by molar-refractivity contribution is 0.413. The second-order valence-corrected chi connectivity index (χ2v) is 7.88. The minimum Gasteiger partial charge on any atom is -0.496 e. The van der Waals surface area contributed by atoms with Crippen LogP contribution in [0.1, 0.15) is 6.42 Å². The summed E-state index contributed by atoms with van der Waals surface area (Å²) in [5.41, 5.74) is 1.62. The molecule has 4 heterocycles. The van der Waals surface area contributed by atoms with Crippen molar-refractivity contribution < 1.29 is 9.13 Å². The van der Waals surface area contributed by atoms with Crippen LogP contribution < -0.4 is 15.4 Å². The SMILES string of the molecule is COc1cccc(F)c1-c1nccc(-c2cnn(-c3cccc(NC[C@@H]4CCNC4)n3)c2)n1. The third kappa shape index (κ3) is 4.54. The van der Waals surface area contributed by atoms with Gasteiger partial charge in [0.25, 0.3) is 0 Å². The Bertz CT molecular complexity index is 1250. The topological polar surface area (TPSA) is 89.8 Å². The van der Waals surface area contributed by atoms with Crippen molar-refractivity contribution >= 4 is 5.82 Å². The average Bonchev–Trinajstić information content (AvgIpc) is 3.55. The van der Waals surface area contributed by atoms with Gasteiger partial charge in [0.15, 0.2) is 11.6 Å². The van der Waals surface area contributed by atoms with Crippen LogP contribution in [0.2, 0.25) is 0 Å². The van der Waals surface area contributed by atoms with Gasteiger partial charge in [0.1, 0.15) is 17.4 Å². The zero-order valence-electron chi connectivity index (χ0n) is 18.2. The summed E-state index contributed by atoms with van der Waals surface area (Å²) < 4.78 is 21.5. The maximum atomic E-state index is 14.5. The van der Waals surface area contributed by atoms with E-state index >= 15 is 0 Å². The van der Waals surface area contributed by atoms with E-state index in [4.69, 9.17) is 4.74 Å². The summed E-state index contributed by atoms with van der Waals surface area (Å²) in [5, 5.41) is 11.2. The quantitative estimate of drug-likeness (QED) is 0.450. The van der Waals surface area contributed by atoms with Crippen LogP contribution in [0.3, 0.4) is 0 Å². The molecule has 2 N–H and O–H groups in total. The van der Waals surface area contributed by atoms with E-state index in [0.717, 1.165) is 31.0 Å². The molecule has 33 heavy (non-hydrogen) atoms. The minimum atomic E-state index is -0.441. The molecule has 3 aromatic heterocycles. The standard InChI is InChI=1S/C24H24FN7O/c1-33-20-5-2-4-18(25)23(20)24-27-11-9-19(30-24)17-14-29-32(15-17)22-7-3-6-21(31-22)28-13-16-8-10-26-12-16/h2-7,9,11,14-16,26H,8,10,12-13H2,1H3,(H,28,31)/t16-/m1/s1. The number of ether oxygens (including phenoxy) is 1. The van der Waals surface area contributed by atoms with Crippen LogP contribution in [0.25, 0.3) is 28.5 Å². The van der Waals surface area contributed by atoms with Crippen LogP contribution in [0.5, 0.6) is 5.75 Å². The van der Waals surface area contributed by atoms with Crippen molar-refractivity contribution in [2.24, 2.45) is 5.92 Å². The maximum Gasteiger partial charge on any atom is 0.166 e. The first-order valence-electron chi connectivity index (χ1n) is 10.8. The molecule has 1 aliphatic rings. The molecule has 1 aliphatic heterocycles. The molecule has 8 nitrogen and oxygen atoms in total. The molecule has 0 saturated carbocycles. The lowest BCUT2D eigenvalue weighted by Crippen LogP contribution is -2.17. The van der Waals surface area contributed by atoms with Gasteiger partial charge in [-0.15, -0.1) is 0 Å². The highest BCUT2D eigenvalue weighted by Gasteiger charge is 2.16. The highest BCUT2D eigenvalue weighted by atomic mass is 19.1.